The molecule has 0 spiro atoms. The van der Waals surface area contributed by atoms with E-state index in [1.54, 1.807) is 37.3 Å². The van der Waals surface area contributed by atoms with Crippen molar-refractivity contribution in [2.24, 2.45) is 0 Å². The van der Waals surface area contributed by atoms with Gasteiger partial charge in [0.25, 0.3) is 5.91 Å². The quantitative estimate of drug-likeness (QED) is 0.793. The lowest BCUT2D eigenvalue weighted by atomic mass is 10.1. The van der Waals surface area contributed by atoms with Gasteiger partial charge in [0.05, 0.1) is 0 Å². The number of carbonyl (C=O) groups is 2. The third kappa shape index (κ3) is 5.87. The SMILES string of the molecule is CC(=O)Nc1ccc(NC(=O)c2cc(NC(C)(C)C)nc(C)n2)cc1. The highest BCUT2D eigenvalue weighted by Gasteiger charge is 2.15. The minimum absolute atomic E-state index is 0.146. The minimum atomic E-state index is -0.324. The number of rotatable bonds is 4. The van der Waals surface area contributed by atoms with E-state index in [9.17, 15) is 9.59 Å². The molecule has 0 saturated carbocycles. The van der Waals surface area contributed by atoms with Crippen LogP contribution in [0.3, 0.4) is 0 Å². The number of nitrogens with zero attached hydrogens (tertiary/aromatic N) is 2. The molecule has 0 atom stereocenters. The van der Waals surface area contributed by atoms with Crippen LogP contribution in [-0.4, -0.2) is 27.3 Å². The van der Waals surface area contributed by atoms with E-state index in [0.717, 1.165) is 0 Å². The standard InChI is InChI=1S/C18H23N5O2/c1-11-19-15(10-16(20-11)23-18(3,4)5)17(25)22-14-8-6-13(7-9-14)21-12(2)24/h6-10H,1-5H3,(H,21,24)(H,22,25)(H,19,20,23). The van der Waals surface area contributed by atoms with Crippen molar-refractivity contribution in [3.05, 3.63) is 41.9 Å². The molecule has 0 fully saturated rings. The first-order valence-corrected chi connectivity index (χ1v) is 7.95. The molecule has 3 N–H and O–H groups in total. The number of hydrogen-bond acceptors (Lipinski definition) is 5. The van der Waals surface area contributed by atoms with Crippen molar-refractivity contribution in [3.63, 3.8) is 0 Å². The Morgan fingerprint density at radius 2 is 1.52 bits per heavy atom. The minimum Gasteiger partial charge on any atom is -0.365 e. The molecule has 0 aliphatic heterocycles. The molecular formula is C18H23N5O2. The third-order valence-corrected chi connectivity index (χ3v) is 3.04. The van der Waals surface area contributed by atoms with E-state index >= 15 is 0 Å². The first kappa shape index (κ1) is 18.4. The van der Waals surface area contributed by atoms with Crippen molar-refractivity contribution in [1.29, 1.82) is 0 Å². The van der Waals surface area contributed by atoms with Crippen molar-refractivity contribution < 1.29 is 9.59 Å². The fourth-order valence-electron chi connectivity index (χ4n) is 2.17. The third-order valence-electron chi connectivity index (χ3n) is 3.04. The molecule has 2 aromatic rings. The molecule has 0 unspecified atom stereocenters. The van der Waals surface area contributed by atoms with Gasteiger partial charge in [-0.15, -0.1) is 0 Å². The molecule has 1 aromatic heterocycles. The fourth-order valence-corrected chi connectivity index (χ4v) is 2.17. The van der Waals surface area contributed by atoms with Gasteiger partial charge in [-0.25, -0.2) is 9.97 Å². The molecule has 0 aliphatic rings. The molecule has 0 bridgehead atoms. The molecule has 0 radical (unpaired) electrons. The van der Waals surface area contributed by atoms with Crippen molar-refractivity contribution in [2.45, 2.75) is 40.2 Å². The maximum Gasteiger partial charge on any atom is 0.274 e. The second kappa shape index (κ2) is 7.29. The Balaban J connectivity index is 2.13. The van der Waals surface area contributed by atoms with E-state index in [4.69, 9.17) is 0 Å². The first-order chi connectivity index (χ1) is 11.6. The Labute approximate surface area is 147 Å². The summed E-state index contributed by atoms with van der Waals surface area (Å²) >= 11 is 0. The highest BCUT2D eigenvalue weighted by atomic mass is 16.2. The number of aryl methyl sites for hydroxylation is 1. The Morgan fingerprint density at radius 1 is 0.960 bits per heavy atom. The molecule has 0 aliphatic carbocycles. The summed E-state index contributed by atoms with van der Waals surface area (Å²) in [5.41, 5.74) is 1.39. The van der Waals surface area contributed by atoms with Gasteiger partial charge in [-0.3, -0.25) is 9.59 Å². The summed E-state index contributed by atoms with van der Waals surface area (Å²) in [6, 6.07) is 8.49. The van der Waals surface area contributed by atoms with Gasteiger partial charge < -0.3 is 16.0 Å². The highest BCUT2D eigenvalue weighted by molar-refractivity contribution is 6.03. The Kier molecular flexibility index (Phi) is 5.36. The topological polar surface area (TPSA) is 96.0 Å². The Bertz CT molecular complexity index is 779. The summed E-state index contributed by atoms with van der Waals surface area (Å²) in [6.45, 7) is 9.23. The van der Waals surface area contributed by atoms with E-state index in [1.807, 2.05) is 20.8 Å². The molecule has 1 heterocycles. The number of hydrogen-bond donors (Lipinski definition) is 3. The normalized spacial score (nSPS) is 10.9. The van der Waals surface area contributed by atoms with Gasteiger partial charge in [0, 0.05) is 29.9 Å². The lowest BCUT2D eigenvalue weighted by Crippen LogP contribution is -2.27. The van der Waals surface area contributed by atoms with Gasteiger partial charge in [-0.1, -0.05) is 0 Å². The van der Waals surface area contributed by atoms with Crippen LogP contribution < -0.4 is 16.0 Å². The number of anilines is 3. The number of nitrogens with one attached hydrogen (secondary N) is 3. The second-order valence-electron chi connectivity index (χ2n) is 6.77. The summed E-state index contributed by atoms with van der Waals surface area (Å²) in [7, 11) is 0. The van der Waals surface area contributed by atoms with Crippen LogP contribution in [0.1, 0.15) is 44.0 Å². The monoisotopic (exact) mass is 341 g/mol. The summed E-state index contributed by atoms with van der Waals surface area (Å²) < 4.78 is 0. The van der Waals surface area contributed by atoms with E-state index < -0.39 is 0 Å². The van der Waals surface area contributed by atoms with Gasteiger partial charge in [-0.2, -0.15) is 0 Å². The molecule has 132 valence electrons. The lowest BCUT2D eigenvalue weighted by Gasteiger charge is -2.21. The highest BCUT2D eigenvalue weighted by Crippen LogP contribution is 2.16. The summed E-state index contributed by atoms with van der Waals surface area (Å²) in [6.07, 6.45) is 0. The largest absolute Gasteiger partial charge is 0.365 e. The molecular weight excluding hydrogens is 318 g/mol. The van der Waals surface area contributed by atoms with Gasteiger partial charge in [0.15, 0.2) is 0 Å². The van der Waals surface area contributed by atoms with E-state index in [0.29, 0.717) is 23.0 Å². The smallest absolute Gasteiger partial charge is 0.274 e. The maximum atomic E-state index is 12.4. The van der Waals surface area contributed by atoms with E-state index in [2.05, 4.69) is 25.9 Å². The van der Waals surface area contributed by atoms with Crippen LogP contribution in [0.2, 0.25) is 0 Å². The van der Waals surface area contributed by atoms with Crippen molar-refractivity contribution in [1.82, 2.24) is 9.97 Å². The number of carbonyl (C=O) groups excluding carboxylic acids is 2. The zero-order valence-corrected chi connectivity index (χ0v) is 15.1. The predicted molar refractivity (Wildman–Crippen MR) is 98.8 cm³/mol. The van der Waals surface area contributed by atoms with E-state index in [1.165, 1.54) is 6.92 Å². The predicted octanol–water partition coefficient (Wildman–Crippen LogP) is 3.21. The number of aromatic nitrogens is 2. The van der Waals surface area contributed by atoms with Crippen LogP contribution >= 0.6 is 0 Å². The average Bonchev–Trinajstić information content (AvgIpc) is 2.46. The van der Waals surface area contributed by atoms with Gasteiger partial charge in [0.1, 0.15) is 17.3 Å². The molecule has 0 saturated heterocycles. The second-order valence-corrected chi connectivity index (χ2v) is 6.77. The first-order valence-electron chi connectivity index (χ1n) is 7.95. The number of benzene rings is 1. The van der Waals surface area contributed by atoms with Gasteiger partial charge in [0.2, 0.25) is 5.91 Å². The van der Waals surface area contributed by atoms with Crippen LogP contribution in [-0.2, 0) is 4.79 Å². The van der Waals surface area contributed by atoms with Crippen molar-refractivity contribution >= 4 is 29.0 Å². The van der Waals surface area contributed by atoms with Gasteiger partial charge in [-0.05, 0) is 52.0 Å². The lowest BCUT2D eigenvalue weighted by molar-refractivity contribution is -0.114. The van der Waals surface area contributed by atoms with Crippen LogP contribution in [0, 0.1) is 6.92 Å². The summed E-state index contributed by atoms with van der Waals surface area (Å²) in [5.74, 6) is 0.647. The molecule has 7 heteroatoms. The zero-order valence-electron chi connectivity index (χ0n) is 15.1. The van der Waals surface area contributed by atoms with Crippen molar-refractivity contribution in [2.75, 3.05) is 16.0 Å². The molecule has 2 amide bonds. The summed E-state index contributed by atoms with van der Waals surface area (Å²) in [4.78, 5) is 32.0. The Hall–Kier alpha value is -2.96. The van der Waals surface area contributed by atoms with Crippen molar-refractivity contribution in [3.8, 4) is 0 Å². The average molecular weight is 341 g/mol. The molecule has 7 nitrogen and oxygen atoms in total. The molecule has 1 aromatic carbocycles. The van der Waals surface area contributed by atoms with Crippen LogP contribution in [0.15, 0.2) is 30.3 Å². The van der Waals surface area contributed by atoms with E-state index in [-0.39, 0.29) is 23.0 Å². The van der Waals surface area contributed by atoms with Gasteiger partial charge >= 0.3 is 0 Å². The van der Waals surface area contributed by atoms with Crippen LogP contribution in [0.5, 0.6) is 0 Å². The Morgan fingerprint density at radius 3 is 2.04 bits per heavy atom. The summed E-state index contributed by atoms with van der Waals surface area (Å²) in [5, 5.41) is 8.69. The molecule has 2 rings (SSSR count). The van der Waals surface area contributed by atoms with Crippen LogP contribution in [0.4, 0.5) is 17.2 Å². The fraction of sp³-hybridized carbons (Fsp3) is 0.333. The molecule has 25 heavy (non-hydrogen) atoms. The van der Waals surface area contributed by atoms with Crippen LogP contribution in [0.25, 0.3) is 0 Å². The zero-order chi connectivity index (χ0) is 18.6. The number of amides is 2. The maximum absolute atomic E-state index is 12.4.